The van der Waals surface area contributed by atoms with Gasteiger partial charge in [0, 0.05) is 12.1 Å². The Morgan fingerprint density at radius 3 is 2.84 bits per heavy atom. The van der Waals surface area contributed by atoms with Crippen LogP contribution in [0.25, 0.3) is 11.0 Å². The molecular weight excluding hydrogens is 256 g/mol. The van der Waals surface area contributed by atoms with Crippen LogP contribution in [0.15, 0.2) is 18.2 Å². The lowest BCUT2D eigenvalue weighted by Crippen LogP contribution is -2.21. The van der Waals surface area contributed by atoms with Crippen LogP contribution in [0.2, 0.25) is 0 Å². The van der Waals surface area contributed by atoms with Gasteiger partial charge in [-0.2, -0.15) is 0 Å². The number of aromatic nitrogens is 2. The van der Waals surface area contributed by atoms with Crippen LogP contribution in [-0.4, -0.2) is 16.7 Å². The number of imidazole rings is 1. The lowest BCUT2D eigenvalue weighted by atomic mass is 9.85. The Labute approximate surface area is 118 Å². The summed E-state index contributed by atoms with van der Waals surface area (Å²) in [4.78, 5) is 3.32. The maximum atomic E-state index is 5.53. The summed E-state index contributed by atoms with van der Waals surface area (Å²) in [6, 6.07) is 6.68. The van der Waals surface area contributed by atoms with Gasteiger partial charge in [-0.1, -0.05) is 19.8 Å². The number of rotatable bonds is 2. The van der Waals surface area contributed by atoms with Crippen molar-refractivity contribution in [3.8, 4) is 5.75 Å². The van der Waals surface area contributed by atoms with Crippen molar-refractivity contribution in [1.29, 1.82) is 0 Å². The third-order valence-electron chi connectivity index (χ3n) is 4.32. The molecule has 19 heavy (non-hydrogen) atoms. The van der Waals surface area contributed by atoms with Crippen LogP contribution in [0.5, 0.6) is 5.75 Å². The highest BCUT2D eigenvalue weighted by atomic mass is 32.1. The number of nitrogens with one attached hydrogen (secondary N) is 1. The summed E-state index contributed by atoms with van der Waals surface area (Å²) >= 11 is 5.53. The first-order chi connectivity index (χ1) is 9.20. The Hall–Kier alpha value is -1.29. The Balaban J connectivity index is 2.12. The molecule has 2 unspecified atom stereocenters. The van der Waals surface area contributed by atoms with E-state index in [0.717, 1.165) is 16.0 Å². The number of benzene rings is 1. The second-order valence-electron chi connectivity index (χ2n) is 5.51. The Morgan fingerprint density at radius 1 is 1.32 bits per heavy atom. The van der Waals surface area contributed by atoms with Gasteiger partial charge in [-0.25, -0.2) is 0 Å². The number of ether oxygens (including phenoxy) is 1. The molecule has 2 atom stereocenters. The van der Waals surface area contributed by atoms with Gasteiger partial charge in [-0.05, 0) is 43.1 Å². The fourth-order valence-corrected chi connectivity index (χ4v) is 3.59. The van der Waals surface area contributed by atoms with Gasteiger partial charge in [-0.15, -0.1) is 0 Å². The number of hydrogen-bond acceptors (Lipinski definition) is 2. The van der Waals surface area contributed by atoms with E-state index in [2.05, 4.69) is 22.5 Å². The molecule has 0 bridgehead atoms. The number of hydrogen-bond donors (Lipinski definition) is 1. The molecule has 4 heteroatoms. The van der Waals surface area contributed by atoms with Crippen LogP contribution in [-0.2, 0) is 0 Å². The molecule has 1 N–H and O–H groups in total. The summed E-state index contributed by atoms with van der Waals surface area (Å²) in [5.41, 5.74) is 2.27. The lowest BCUT2D eigenvalue weighted by Gasteiger charge is -2.30. The first-order valence-electron chi connectivity index (χ1n) is 6.99. The highest BCUT2D eigenvalue weighted by Gasteiger charge is 2.24. The topological polar surface area (TPSA) is 29.9 Å². The quantitative estimate of drug-likeness (QED) is 0.821. The van der Waals surface area contributed by atoms with Crippen molar-refractivity contribution in [2.45, 2.75) is 38.6 Å². The molecule has 3 rings (SSSR count). The fraction of sp³-hybridized carbons (Fsp3) is 0.533. The van der Waals surface area contributed by atoms with Gasteiger partial charge in [0.1, 0.15) is 5.75 Å². The molecule has 1 aliphatic carbocycles. The van der Waals surface area contributed by atoms with Gasteiger partial charge in [-0.3, -0.25) is 0 Å². The normalized spacial score (nSPS) is 23.7. The fourth-order valence-electron chi connectivity index (χ4n) is 3.25. The Kier molecular flexibility index (Phi) is 3.35. The van der Waals surface area contributed by atoms with Crippen molar-refractivity contribution in [3.05, 3.63) is 23.0 Å². The van der Waals surface area contributed by atoms with E-state index in [1.54, 1.807) is 7.11 Å². The van der Waals surface area contributed by atoms with Gasteiger partial charge >= 0.3 is 0 Å². The predicted octanol–water partition coefficient (Wildman–Crippen LogP) is 4.46. The van der Waals surface area contributed by atoms with Crippen molar-refractivity contribution >= 4 is 23.3 Å². The molecule has 1 aromatic carbocycles. The molecule has 0 radical (unpaired) electrons. The molecule has 1 aliphatic rings. The van der Waals surface area contributed by atoms with Crippen LogP contribution >= 0.6 is 12.2 Å². The molecule has 0 saturated heterocycles. The van der Waals surface area contributed by atoms with Gasteiger partial charge in [0.25, 0.3) is 0 Å². The Bertz CT molecular complexity index is 643. The van der Waals surface area contributed by atoms with Gasteiger partial charge < -0.3 is 14.3 Å². The predicted molar refractivity (Wildman–Crippen MR) is 80.3 cm³/mol. The van der Waals surface area contributed by atoms with Crippen molar-refractivity contribution in [1.82, 2.24) is 9.55 Å². The molecule has 2 aromatic rings. The average Bonchev–Trinajstić information content (AvgIpc) is 2.74. The van der Waals surface area contributed by atoms with Crippen LogP contribution < -0.4 is 4.74 Å². The van der Waals surface area contributed by atoms with Gasteiger partial charge in [0.2, 0.25) is 0 Å². The average molecular weight is 276 g/mol. The van der Waals surface area contributed by atoms with Crippen molar-refractivity contribution < 1.29 is 4.74 Å². The Morgan fingerprint density at radius 2 is 2.11 bits per heavy atom. The summed E-state index contributed by atoms with van der Waals surface area (Å²) in [6.45, 7) is 2.34. The number of fused-ring (bicyclic) bond motifs is 1. The summed E-state index contributed by atoms with van der Waals surface area (Å²) in [6.07, 6.45) is 5.19. The molecule has 0 aliphatic heterocycles. The van der Waals surface area contributed by atoms with Gasteiger partial charge in [0.05, 0.1) is 18.1 Å². The zero-order valence-electron chi connectivity index (χ0n) is 11.5. The first-order valence-corrected chi connectivity index (χ1v) is 7.40. The lowest BCUT2D eigenvalue weighted by molar-refractivity contribution is 0.260. The molecule has 3 nitrogen and oxygen atoms in total. The largest absolute Gasteiger partial charge is 0.497 e. The van der Waals surface area contributed by atoms with Crippen molar-refractivity contribution in [3.63, 3.8) is 0 Å². The molecule has 1 heterocycles. The van der Waals surface area contributed by atoms with Crippen molar-refractivity contribution in [2.75, 3.05) is 7.11 Å². The number of aromatic amines is 1. The van der Waals surface area contributed by atoms with Crippen LogP contribution in [0.3, 0.4) is 0 Å². The molecule has 0 amide bonds. The number of methoxy groups -OCH3 is 1. The molecule has 1 saturated carbocycles. The SMILES string of the molecule is COc1ccc2c(c1)[nH]c(=S)n2C1CCCCC1C. The molecule has 1 fully saturated rings. The maximum Gasteiger partial charge on any atom is 0.178 e. The number of H-pyrrole nitrogens is 1. The number of nitrogens with zero attached hydrogens (tertiary/aromatic N) is 1. The summed E-state index contributed by atoms with van der Waals surface area (Å²) in [5.74, 6) is 1.56. The van der Waals surface area contributed by atoms with E-state index in [4.69, 9.17) is 17.0 Å². The highest BCUT2D eigenvalue weighted by Crippen LogP contribution is 2.36. The van der Waals surface area contributed by atoms with Crippen LogP contribution in [0, 0.1) is 10.7 Å². The monoisotopic (exact) mass is 276 g/mol. The van der Waals surface area contributed by atoms with E-state index in [-0.39, 0.29) is 0 Å². The third-order valence-corrected chi connectivity index (χ3v) is 4.62. The maximum absolute atomic E-state index is 5.53. The van der Waals surface area contributed by atoms with Crippen LogP contribution in [0.1, 0.15) is 38.6 Å². The minimum atomic E-state index is 0.531. The van der Waals surface area contributed by atoms with Crippen molar-refractivity contribution in [2.24, 2.45) is 5.92 Å². The highest BCUT2D eigenvalue weighted by molar-refractivity contribution is 7.71. The molecular formula is C15H20N2OS. The van der Waals surface area contributed by atoms with E-state index < -0.39 is 0 Å². The molecule has 0 spiro atoms. The van der Waals surface area contributed by atoms with E-state index in [1.807, 2.05) is 12.1 Å². The summed E-state index contributed by atoms with van der Waals surface area (Å²) in [5, 5.41) is 0. The van der Waals surface area contributed by atoms with E-state index in [1.165, 1.54) is 31.2 Å². The van der Waals surface area contributed by atoms with E-state index in [0.29, 0.717) is 12.0 Å². The second kappa shape index (κ2) is 5.00. The van der Waals surface area contributed by atoms with Crippen LogP contribution in [0.4, 0.5) is 0 Å². The smallest absolute Gasteiger partial charge is 0.178 e. The van der Waals surface area contributed by atoms with E-state index >= 15 is 0 Å². The summed E-state index contributed by atoms with van der Waals surface area (Å²) < 4.78 is 8.42. The second-order valence-corrected chi connectivity index (χ2v) is 5.90. The first kappa shape index (κ1) is 12.7. The van der Waals surface area contributed by atoms with Gasteiger partial charge in [0.15, 0.2) is 4.77 Å². The minimum absolute atomic E-state index is 0.531. The molecule has 1 aromatic heterocycles. The minimum Gasteiger partial charge on any atom is -0.497 e. The third kappa shape index (κ3) is 2.18. The zero-order valence-corrected chi connectivity index (χ0v) is 12.3. The molecule has 102 valence electrons. The zero-order chi connectivity index (χ0) is 13.4. The standard InChI is InChI=1S/C15H20N2OS/c1-10-5-3-4-6-13(10)17-14-8-7-11(18-2)9-12(14)16-15(17)19/h7-10,13H,3-6H2,1-2H3,(H,16,19). The van der Waals surface area contributed by atoms with E-state index in [9.17, 15) is 0 Å². The summed E-state index contributed by atoms with van der Waals surface area (Å²) in [7, 11) is 1.69.